The molecule has 0 aliphatic rings. The smallest absolute Gasteiger partial charge is 0.301 e. The van der Waals surface area contributed by atoms with E-state index in [-0.39, 0.29) is 0 Å². The number of nitrogens with zero attached hydrogens (tertiary/aromatic N) is 1. The van der Waals surface area contributed by atoms with Crippen molar-refractivity contribution in [2.45, 2.75) is 12.4 Å². The van der Waals surface area contributed by atoms with Gasteiger partial charge in [-0.25, -0.2) is 4.79 Å². The summed E-state index contributed by atoms with van der Waals surface area (Å²) in [7, 11) is 0. The first-order chi connectivity index (χ1) is 8.60. The van der Waals surface area contributed by atoms with Crippen molar-refractivity contribution in [1.82, 2.24) is 9.97 Å². The van der Waals surface area contributed by atoms with Gasteiger partial charge in [-0.3, -0.25) is 0 Å². The van der Waals surface area contributed by atoms with Crippen molar-refractivity contribution < 1.29 is 26.3 Å². The van der Waals surface area contributed by atoms with Gasteiger partial charge < -0.3 is 4.98 Å². The molecule has 1 heterocycles. The van der Waals surface area contributed by atoms with Crippen molar-refractivity contribution in [1.29, 1.82) is 0 Å². The number of fused-ring (bicyclic) bond motifs is 1. The van der Waals surface area contributed by atoms with Crippen LogP contribution in [0.1, 0.15) is 11.3 Å². The Morgan fingerprint density at radius 2 is 1.63 bits per heavy atom. The average molecular weight is 282 g/mol. The molecule has 0 atom stereocenters. The maximum Gasteiger partial charge on any atom is 0.432 e. The summed E-state index contributed by atoms with van der Waals surface area (Å²) in [6.45, 7) is 0. The lowest BCUT2D eigenvalue weighted by molar-refractivity contribution is -0.141. The van der Waals surface area contributed by atoms with Gasteiger partial charge in [0.1, 0.15) is 5.69 Å². The largest absolute Gasteiger partial charge is 0.432 e. The number of H-pyrrole nitrogens is 1. The molecule has 19 heavy (non-hydrogen) atoms. The summed E-state index contributed by atoms with van der Waals surface area (Å²) in [5.74, 6) is 0. The lowest BCUT2D eigenvalue weighted by Gasteiger charge is -2.13. The zero-order valence-corrected chi connectivity index (χ0v) is 8.86. The van der Waals surface area contributed by atoms with Crippen LogP contribution in [-0.4, -0.2) is 9.97 Å². The molecule has 0 amide bonds. The average Bonchev–Trinajstić information content (AvgIpc) is 2.24. The number of hydrogen-bond donors (Lipinski definition) is 1. The second kappa shape index (κ2) is 3.97. The predicted octanol–water partition coefficient (Wildman–Crippen LogP) is 2.96. The minimum atomic E-state index is -4.98. The van der Waals surface area contributed by atoms with Crippen LogP contribution in [0.25, 0.3) is 10.9 Å². The van der Waals surface area contributed by atoms with Gasteiger partial charge in [-0.1, -0.05) is 12.1 Å². The molecule has 9 heteroatoms. The highest BCUT2D eigenvalue weighted by Crippen LogP contribution is 2.37. The third-order valence-corrected chi connectivity index (χ3v) is 2.34. The van der Waals surface area contributed by atoms with E-state index in [9.17, 15) is 31.1 Å². The number of hydrogen-bond acceptors (Lipinski definition) is 2. The number of aromatic amines is 1. The first-order valence-corrected chi connectivity index (χ1v) is 4.78. The van der Waals surface area contributed by atoms with E-state index in [1.165, 1.54) is 4.98 Å². The van der Waals surface area contributed by atoms with Crippen LogP contribution in [0.5, 0.6) is 0 Å². The molecular weight excluding hydrogens is 278 g/mol. The Labute approximate surface area is 100 Å². The van der Waals surface area contributed by atoms with Crippen molar-refractivity contribution in [3.05, 3.63) is 39.9 Å². The molecule has 0 bridgehead atoms. The van der Waals surface area contributed by atoms with E-state index in [1.807, 2.05) is 0 Å². The first kappa shape index (κ1) is 13.4. The first-order valence-electron chi connectivity index (χ1n) is 4.78. The Hall–Kier alpha value is -2.06. The number of halogens is 6. The minimum Gasteiger partial charge on any atom is -0.301 e. The van der Waals surface area contributed by atoms with Crippen LogP contribution in [0, 0.1) is 0 Å². The summed E-state index contributed by atoms with van der Waals surface area (Å²) in [5.41, 5.74) is -5.45. The molecule has 0 saturated carbocycles. The molecule has 0 aliphatic heterocycles. The Morgan fingerprint density at radius 1 is 1.00 bits per heavy atom. The molecule has 1 aromatic heterocycles. The van der Waals surface area contributed by atoms with Crippen LogP contribution < -0.4 is 5.69 Å². The van der Waals surface area contributed by atoms with Crippen molar-refractivity contribution in [3.63, 3.8) is 0 Å². The van der Waals surface area contributed by atoms with Gasteiger partial charge in [0.15, 0.2) is 0 Å². The van der Waals surface area contributed by atoms with Gasteiger partial charge in [0.05, 0.1) is 11.1 Å². The Bertz CT molecular complexity index is 685. The van der Waals surface area contributed by atoms with E-state index in [0.29, 0.717) is 6.07 Å². The third kappa shape index (κ3) is 2.40. The molecule has 1 N–H and O–H groups in total. The maximum absolute atomic E-state index is 12.6. The fourth-order valence-electron chi connectivity index (χ4n) is 1.62. The molecule has 1 aromatic carbocycles. The van der Waals surface area contributed by atoms with E-state index >= 15 is 0 Å². The predicted molar refractivity (Wildman–Crippen MR) is 52.4 cm³/mol. The molecule has 0 spiro atoms. The van der Waals surface area contributed by atoms with Crippen LogP contribution in [0.15, 0.2) is 23.0 Å². The third-order valence-electron chi connectivity index (χ3n) is 2.34. The summed E-state index contributed by atoms with van der Waals surface area (Å²) < 4.78 is 75.9. The van der Waals surface area contributed by atoms with Gasteiger partial charge in [0.2, 0.25) is 0 Å². The lowest BCUT2D eigenvalue weighted by Crippen LogP contribution is -2.21. The van der Waals surface area contributed by atoms with Crippen molar-refractivity contribution in [3.8, 4) is 0 Å². The number of nitrogens with one attached hydrogen (secondary N) is 1. The molecule has 2 rings (SSSR count). The van der Waals surface area contributed by atoms with Crippen LogP contribution in [0.4, 0.5) is 26.3 Å². The molecule has 0 fully saturated rings. The lowest BCUT2D eigenvalue weighted by atomic mass is 10.1. The molecule has 0 aliphatic carbocycles. The molecule has 0 radical (unpaired) electrons. The maximum atomic E-state index is 12.6. The highest BCUT2D eigenvalue weighted by Gasteiger charge is 2.38. The summed E-state index contributed by atoms with van der Waals surface area (Å²) in [6, 6.07) is 2.20. The quantitative estimate of drug-likeness (QED) is 0.755. The molecule has 0 saturated heterocycles. The normalized spacial score (nSPS) is 12.9. The summed E-state index contributed by atoms with van der Waals surface area (Å²) in [6.07, 6.45) is -9.88. The number of aromatic nitrogens is 2. The van der Waals surface area contributed by atoms with Crippen LogP contribution in [0.3, 0.4) is 0 Å². The van der Waals surface area contributed by atoms with Gasteiger partial charge in [-0.15, -0.1) is 0 Å². The Morgan fingerprint density at radius 3 is 2.16 bits per heavy atom. The molecule has 2 aromatic rings. The van der Waals surface area contributed by atoms with Gasteiger partial charge in [0.25, 0.3) is 0 Å². The summed E-state index contributed by atoms with van der Waals surface area (Å²) in [5, 5.41) is -0.804. The molecule has 0 unspecified atom stereocenters. The Balaban J connectivity index is 2.94. The molecular formula is C10H4F6N2O. The SMILES string of the molecule is O=c1nc2c(C(F)(F)F)cccc2c(C(F)(F)F)[nH]1. The zero-order valence-electron chi connectivity index (χ0n) is 8.86. The summed E-state index contributed by atoms with van der Waals surface area (Å²) in [4.78, 5) is 15.4. The zero-order chi connectivity index (χ0) is 14.4. The van der Waals surface area contributed by atoms with Crippen LogP contribution in [-0.2, 0) is 12.4 Å². The summed E-state index contributed by atoms with van der Waals surface area (Å²) >= 11 is 0. The number of para-hydroxylation sites is 1. The van der Waals surface area contributed by atoms with Crippen molar-refractivity contribution >= 4 is 10.9 Å². The van der Waals surface area contributed by atoms with E-state index < -0.39 is 40.2 Å². The van der Waals surface area contributed by atoms with Gasteiger partial charge in [-0.2, -0.15) is 31.3 Å². The molecule has 102 valence electrons. The second-order valence-electron chi connectivity index (χ2n) is 3.61. The van der Waals surface area contributed by atoms with Crippen molar-refractivity contribution in [2.24, 2.45) is 0 Å². The van der Waals surface area contributed by atoms with Gasteiger partial charge >= 0.3 is 18.0 Å². The van der Waals surface area contributed by atoms with Crippen LogP contribution >= 0.6 is 0 Å². The number of alkyl halides is 6. The molecule has 3 nitrogen and oxygen atoms in total. The second-order valence-corrected chi connectivity index (χ2v) is 3.61. The topological polar surface area (TPSA) is 45.8 Å². The highest BCUT2D eigenvalue weighted by atomic mass is 19.4. The van der Waals surface area contributed by atoms with Crippen LogP contribution in [0.2, 0.25) is 0 Å². The van der Waals surface area contributed by atoms with E-state index in [2.05, 4.69) is 4.98 Å². The Kier molecular flexibility index (Phi) is 2.79. The van der Waals surface area contributed by atoms with Gasteiger partial charge in [0, 0.05) is 5.39 Å². The minimum absolute atomic E-state index is 0.564. The monoisotopic (exact) mass is 282 g/mol. The fraction of sp³-hybridized carbons (Fsp3) is 0.200. The number of rotatable bonds is 0. The van der Waals surface area contributed by atoms with Gasteiger partial charge in [-0.05, 0) is 6.07 Å². The van der Waals surface area contributed by atoms with E-state index in [4.69, 9.17) is 0 Å². The van der Waals surface area contributed by atoms with E-state index in [1.54, 1.807) is 0 Å². The highest BCUT2D eigenvalue weighted by molar-refractivity contribution is 5.84. The fourth-order valence-corrected chi connectivity index (χ4v) is 1.62. The van der Waals surface area contributed by atoms with Crippen molar-refractivity contribution in [2.75, 3.05) is 0 Å². The standard InChI is InChI=1S/C10H4F6N2O/c11-9(12,13)5-3-1-2-4-6(5)17-8(19)18-7(4)10(14,15)16/h1-3H,(H,17,18,19). The van der Waals surface area contributed by atoms with E-state index in [0.717, 1.165) is 12.1 Å². The number of benzene rings is 1.